The van der Waals surface area contributed by atoms with Gasteiger partial charge >= 0.3 is 6.18 Å². The third kappa shape index (κ3) is 2.38. The Kier molecular flexibility index (Phi) is 3.13. The van der Waals surface area contributed by atoms with Crippen molar-refractivity contribution in [2.75, 3.05) is 0 Å². The largest absolute Gasteiger partial charge is 0.416 e. The van der Waals surface area contributed by atoms with Gasteiger partial charge in [-0.05, 0) is 25.1 Å². The zero-order chi connectivity index (χ0) is 13.3. The Hall–Kier alpha value is -1.82. The fourth-order valence-electron chi connectivity index (χ4n) is 1.69. The lowest BCUT2D eigenvalue weighted by atomic mass is 10.2. The second kappa shape index (κ2) is 4.45. The van der Waals surface area contributed by atoms with Crippen LogP contribution in [0.3, 0.4) is 0 Å². The standard InChI is InChI=1S/C12H12F3N3/c1-8(16)11-6-17-7-18(11)10-4-2-3-9(5-10)12(13,14)15/h2-8H,16H2,1H3/t8-/m0/s1. The quantitative estimate of drug-likeness (QED) is 0.896. The van der Waals surface area contributed by atoms with Gasteiger partial charge in [0.15, 0.2) is 0 Å². The summed E-state index contributed by atoms with van der Waals surface area (Å²) in [6, 6.07) is 4.76. The Bertz CT molecular complexity index is 543. The lowest BCUT2D eigenvalue weighted by Crippen LogP contribution is -2.11. The number of alkyl halides is 3. The molecule has 2 rings (SSSR count). The molecule has 96 valence electrons. The van der Waals surface area contributed by atoms with E-state index in [0.29, 0.717) is 11.4 Å². The Morgan fingerprint density at radius 1 is 1.33 bits per heavy atom. The van der Waals surface area contributed by atoms with Crippen LogP contribution in [0.2, 0.25) is 0 Å². The molecule has 1 aromatic carbocycles. The second-order valence-corrected chi connectivity index (χ2v) is 4.03. The van der Waals surface area contributed by atoms with E-state index in [2.05, 4.69) is 4.98 Å². The Morgan fingerprint density at radius 2 is 2.06 bits per heavy atom. The topological polar surface area (TPSA) is 43.8 Å². The number of nitrogens with zero attached hydrogens (tertiary/aromatic N) is 2. The first-order chi connectivity index (χ1) is 8.39. The highest BCUT2D eigenvalue weighted by atomic mass is 19.4. The van der Waals surface area contributed by atoms with Gasteiger partial charge in [0, 0.05) is 11.7 Å². The summed E-state index contributed by atoms with van der Waals surface area (Å²) in [7, 11) is 0. The lowest BCUT2D eigenvalue weighted by Gasteiger charge is -2.13. The molecule has 2 N–H and O–H groups in total. The van der Waals surface area contributed by atoms with Crippen molar-refractivity contribution >= 4 is 0 Å². The van der Waals surface area contributed by atoms with E-state index >= 15 is 0 Å². The highest BCUT2D eigenvalue weighted by molar-refractivity contribution is 5.38. The van der Waals surface area contributed by atoms with Crippen LogP contribution in [-0.2, 0) is 6.18 Å². The van der Waals surface area contributed by atoms with Crippen molar-refractivity contribution in [2.24, 2.45) is 5.73 Å². The molecule has 0 fully saturated rings. The molecule has 0 saturated carbocycles. The van der Waals surface area contributed by atoms with Gasteiger partial charge in [-0.2, -0.15) is 13.2 Å². The first kappa shape index (κ1) is 12.6. The summed E-state index contributed by atoms with van der Waals surface area (Å²) in [6.45, 7) is 1.75. The summed E-state index contributed by atoms with van der Waals surface area (Å²) in [5.41, 5.74) is 6.11. The minimum Gasteiger partial charge on any atom is -0.323 e. The van der Waals surface area contributed by atoms with Crippen LogP contribution in [0.1, 0.15) is 24.2 Å². The summed E-state index contributed by atoms with van der Waals surface area (Å²) in [5, 5.41) is 0. The van der Waals surface area contributed by atoms with E-state index in [-0.39, 0.29) is 6.04 Å². The SMILES string of the molecule is C[C@H](N)c1cncn1-c1cccc(C(F)(F)F)c1. The molecule has 0 unspecified atom stereocenters. The molecule has 0 aliphatic heterocycles. The van der Waals surface area contributed by atoms with E-state index in [1.807, 2.05) is 0 Å². The molecule has 1 heterocycles. The third-order valence-electron chi connectivity index (χ3n) is 2.59. The highest BCUT2D eigenvalue weighted by Gasteiger charge is 2.30. The van der Waals surface area contributed by atoms with Gasteiger partial charge in [0.2, 0.25) is 0 Å². The molecule has 0 aliphatic carbocycles. The van der Waals surface area contributed by atoms with Crippen molar-refractivity contribution < 1.29 is 13.2 Å². The molecular weight excluding hydrogens is 243 g/mol. The molecule has 0 spiro atoms. The Labute approximate surface area is 102 Å². The Balaban J connectivity index is 2.48. The minimum absolute atomic E-state index is 0.304. The van der Waals surface area contributed by atoms with Gasteiger partial charge in [-0.1, -0.05) is 6.07 Å². The number of hydrogen-bond donors (Lipinski definition) is 1. The number of imidazole rings is 1. The number of aromatic nitrogens is 2. The van der Waals surface area contributed by atoms with E-state index in [4.69, 9.17) is 5.73 Å². The molecule has 2 aromatic rings. The summed E-state index contributed by atoms with van der Waals surface area (Å²) < 4.78 is 39.4. The first-order valence-electron chi connectivity index (χ1n) is 5.35. The zero-order valence-electron chi connectivity index (χ0n) is 9.65. The van der Waals surface area contributed by atoms with Crippen molar-refractivity contribution in [3.63, 3.8) is 0 Å². The maximum Gasteiger partial charge on any atom is 0.416 e. The van der Waals surface area contributed by atoms with Gasteiger partial charge in [0.05, 0.1) is 23.8 Å². The average molecular weight is 255 g/mol. The molecule has 0 amide bonds. The van der Waals surface area contributed by atoms with Gasteiger partial charge in [0.1, 0.15) is 0 Å². The molecule has 1 aromatic heterocycles. The first-order valence-corrected chi connectivity index (χ1v) is 5.35. The van der Waals surface area contributed by atoms with E-state index in [1.54, 1.807) is 23.8 Å². The number of hydrogen-bond acceptors (Lipinski definition) is 2. The molecule has 0 aliphatic rings. The number of halogens is 3. The number of benzene rings is 1. The van der Waals surface area contributed by atoms with Crippen molar-refractivity contribution in [3.05, 3.63) is 48.0 Å². The maximum absolute atomic E-state index is 12.6. The fraction of sp³-hybridized carbons (Fsp3) is 0.250. The summed E-state index contributed by atoms with van der Waals surface area (Å²) >= 11 is 0. The van der Waals surface area contributed by atoms with Crippen LogP contribution in [0.4, 0.5) is 13.2 Å². The minimum atomic E-state index is -4.36. The van der Waals surface area contributed by atoms with Crippen LogP contribution in [0.25, 0.3) is 5.69 Å². The molecule has 18 heavy (non-hydrogen) atoms. The van der Waals surface area contributed by atoms with Crippen LogP contribution >= 0.6 is 0 Å². The predicted molar refractivity (Wildman–Crippen MR) is 61.2 cm³/mol. The highest BCUT2D eigenvalue weighted by Crippen LogP contribution is 2.30. The summed E-state index contributed by atoms with van der Waals surface area (Å²) in [5.74, 6) is 0. The second-order valence-electron chi connectivity index (χ2n) is 4.03. The molecule has 0 radical (unpaired) electrons. The average Bonchev–Trinajstić information content (AvgIpc) is 2.77. The fourth-order valence-corrected chi connectivity index (χ4v) is 1.69. The Morgan fingerprint density at radius 3 is 2.67 bits per heavy atom. The summed E-state index contributed by atoms with van der Waals surface area (Å²) in [4.78, 5) is 3.91. The van der Waals surface area contributed by atoms with Gasteiger partial charge in [-0.25, -0.2) is 4.98 Å². The van der Waals surface area contributed by atoms with Crippen LogP contribution in [-0.4, -0.2) is 9.55 Å². The van der Waals surface area contributed by atoms with Crippen molar-refractivity contribution in [1.29, 1.82) is 0 Å². The lowest BCUT2D eigenvalue weighted by molar-refractivity contribution is -0.137. The molecule has 3 nitrogen and oxygen atoms in total. The normalized spacial score (nSPS) is 13.6. The molecule has 0 saturated heterocycles. The maximum atomic E-state index is 12.6. The number of nitrogens with two attached hydrogens (primary N) is 1. The third-order valence-corrected chi connectivity index (χ3v) is 2.59. The molecule has 6 heteroatoms. The van der Waals surface area contributed by atoms with Gasteiger partial charge in [0.25, 0.3) is 0 Å². The van der Waals surface area contributed by atoms with Crippen molar-refractivity contribution in [3.8, 4) is 5.69 Å². The van der Waals surface area contributed by atoms with E-state index in [0.717, 1.165) is 12.1 Å². The van der Waals surface area contributed by atoms with E-state index in [1.165, 1.54) is 12.4 Å². The van der Waals surface area contributed by atoms with Crippen LogP contribution in [0.5, 0.6) is 0 Å². The smallest absolute Gasteiger partial charge is 0.323 e. The van der Waals surface area contributed by atoms with Gasteiger partial charge in [-0.3, -0.25) is 0 Å². The zero-order valence-corrected chi connectivity index (χ0v) is 9.65. The predicted octanol–water partition coefficient (Wildman–Crippen LogP) is 2.91. The van der Waals surface area contributed by atoms with Crippen LogP contribution < -0.4 is 5.73 Å². The van der Waals surface area contributed by atoms with Gasteiger partial charge in [-0.15, -0.1) is 0 Å². The molecular formula is C12H12F3N3. The van der Waals surface area contributed by atoms with Crippen molar-refractivity contribution in [1.82, 2.24) is 9.55 Å². The van der Waals surface area contributed by atoms with E-state index < -0.39 is 11.7 Å². The number of rotatable bonds is 2. The molecule has 0 bridgehead atoms. The monoisotopic (exact) mass is 255 g/mol. The molecule has 1 atom stereocenters. The van der Waals surface area contributed by atoms with Crippen molar-refractivity contribution in [2.45, 2.75) is 19.1 Å². The van der Waals surface area contributed by atoms with Crippen LogP contribution in [0, 0.1) is 0 Å². The van der Waals surface area contributed by atoms with E-state index in [9.17, 15) is 13.2 Å². The summed E-state index contributed by atoms with van der Waals surface area (Å²) in [6.07, 6.45) is -1.36. The van der Waals surface area contributed by atoms with Crippen LogP contribution in [0.15, 0.2) is 36.8 Å². The van der Waals surface area contributed by atoms with Gasteiger partial charge < -0.3 is 10.3 Å².